The number of carbonyl (C=O) groups is 2. The number of aromatic nitrogens is 1. The Morgan fingerprint density at radius 1 is 0.970 bits per heavy atom. The van der Waals surface area contributed by atoms with Crippen LogP contribution in [0.15, 0.2) is 77.6 Å². The molecule has 1 fully saturated rings. The summed E-state index contributed by atoms with van der Waals surface area (Å²) >= 11 is 1.25. The molecule has 5 rings (SSSR count). The van der Waals surface area contributed by atoms with Crippen molar-refractivity contribution in [2.45, 2.75) is 18.9 Å². The molecule has 8 heteroatoms. The zero-order valence-electron chi connectivity index (χ0n) is 17.6. The van der Waals surface area contributed by atoms with Crippen LogP contribution in [0.5, 0.6) is 0 Å². The Labute approximate surface area is 200 Å². The Hall–Kier alpha value is -3.26. The van der Waals surface area contributed by atoms with Crippen LogP contribution in [0.1, 0.15) is 28.8 Å². The molecule has 3 heterocycles. The van der Waals surface area contributed by atoms with Gasteiger partial charge >= 0.3 is 0 Å². The molecular weight excluding hydrogens is 458 g/mol. The zero-order chi connectivity index (χ0) is 22.1. The average molecular weight is 480 g/mol. The summed E-state index contributed by atoms with van der Waals surface area (Å²) in [4.78, 5) is 39.8. The van der Waals surface area contributed by atoms with E-state index in [2.05, 4.69) is 10.6 Å². The Bertz CT molecular complexity index is 1360. The summed E-state index contributed by atoms with van der Waals surface area (Å²) in [6, 6.07) is 21.1. The maximum atomic E-state index is 13.5. The molecule has 0 bridgehead atoms. The number of hydrogen-bond acceptors (Lipinski definition) is 5. The largest absolute Gasteiger partial charge is 0.316 e. The molecule has 1 aliphatic heterocycles. The van der Waals surface area contributed by atoms with Crippen LogP contribution in [0.3, 0.4) is 0 Å². The maximum absolute atomic E-state index is 13.5. The highest BCUT2D eigenvalue weighted by Crippen LogP contribution is 2.37. The minimum atomic E-state index is -0.281. The second-order valence-electron chi connectivity index (χ2n) is 7.70. The van der Waals surface area contributed by atoms with Gasteiger partial charge in [0.2, 0.25) is 5.91 Å². The van der Waals surface area contributed by atoms with E-state index in [9.17, 15) is 14.4 Å². The van der Waals surface area contributed by atoms with Gasteiger partial charge < -0.3 is 10.6 Å². The van der Waals surface area contributed by atoms with Gasteiger partial charge in [0.1, 0.15) is 9.83 Å². The standard InChI is InChI=1S/C25H21N3O3S.ClH/c29-20-14-13-18-21(22(30)16-8-3-1-4-9-16)24(27-23(31)19-12-7-15-26-19)32-25(18)28(20)17-10-5-2-6-11-17;/h1-6,8-11,13-14,19,26H,7,12,15H2,(H,27,31);1H/t19-;/m0./s1. The molecule has 6 nitrogen and oxygen atoms in total. The number of carbonyl (C=O) groups excluding carboxylic acids is 2. The monoisotopic (exact) mass is 479 g/mol. The lowest BCUT2D eigenvalue weighted by molar-refractivity contribution is -0.117. The lowest BCUT2D eigenvalue weighted by Crippen LogP contribution is -2.35. The van der Waals surface area contributed by atoms with Gasteiger partial charge in [-0.3, -0.25) is 19.0 Å². The van der Waals surface area contributed by atoms with Crippen LogP contribution >= 0.6 is 23.7 Å². The summed E-state index contributed by atoms with van der Waals surface area (Å²) in [5, 5.41) is 7.26. The second kappa shape index (κ2) is 9.70. The van der Waals surface area contributed by atoms with E-state index in [0.29, 0.717) is 32.0 Å². The summed E-state index contributed by atoms with van der Waals surface area (Å²) in [7, 11) is 0. The van der Waals surface area contributed by atoms with Crippen molar-refractivity contribution in [3.05, 3.63) is 94.3 Å². The fraction of sp³-hybridized carbons (Fsp3) is 0.160. The van der Waals surface area contributed by atoms with Crippen molar-refractivity contribution in [1.82, 2.24) is 9.88 Å². The number of halogens is 1. The molecule has 1 aliphatic rings. The third-order valence-electron chi connectivity index (χ3n) is 5.63. The summed E-state index contributed by atoms with van der Waals surface area (Å²) in [5.41, 5.74) is 1.45. The van der Waals surface area contributed by atoms with Gasteiger partial charge in [-0.05, 0) is 37.6 Å². The predicted molar refractivity (Wildman–Crippen MR) is 134 cm³/mol. The number of hydrogen-bond donors (Lipinski definition) is 2. The van der Waals surface area contributed by atoms with Crippen molar-refractivity contribution < 1.29 is 9.59 Å². The molecule has 1 saturated heterocycles. The molecule has 168 valence electrons. The van der Waals surface area contributed by atoms with Crippen LogP contribution in [-0.4, -0.2) is 28.8 Å². The lowest BCUT2D eigenvalue weighted by Gasteiger charge is -2.11. The first kappa shape index (κ1) is 22.9. The minimum absolute atomic E-state index is 0. The first-order chi connectivity index (χ1) is 15.6. The predicted octanol–water partition coefficient (Wildman–Crippen LogP) is 4.40. The summed E-state index contributed by atoms with van der Waals surface area (Å²) < 4.78 is 1.59. The Morgan fingerprint density at radius 2 is 1.67 bits per heavy atom. The summed E-state index contributed by atoms with van der Waals surface area (Å²) in [6.07, 6.45) is 1.70. The number of nitrogens with one attached hydrogen (secondary N) is 2. The molecule has 33 heavy (non-hydrogen) atoms. The number of ketones is 1. The number of thiophene rings is 1. The minimum Gasteiger partial charge on any atom is -0.316 e. The van der Waals surface area contributed by atoms with E-state index in [-0.39, 0.29) is 35.7 Å². The maximum Gasteiger partial charge on any atom is 0.256 e. The van der Waals surface area contributed by atoms with Crippen molar-refractivity contribution in [2.24, 2.45) is 0 Å². The van der Waals surface area contributed by atoms with Gasteiger partial charge in [0.15, 0.2) is 5.78 Å². The third kappa shape index (κ3) is 4.35. The number of rotatable bonds is 5. The molecule has 0 aliphatic carbocycles. The van der Waals surface area contributed by atoms with Crippen LogP contribution in [-0.2, 0) is 4.79 Å². The highest BCUT2D eigenvalue weighted by molar-refractivity contribution is 7.23. The highest BCUT2D eigenvalue weighted by Gasteiger charge is 2.27. The first-order valence-corrected chi connectivity index (χ1v) is 11.3. The van der Waals surface area contributed by atoms with Crippen LogP contribution in [0.2, 0.25) is 0 Å². The van der Waals surface area contributed by atoms with Gasteiger partial charge in [-0.25, -0.2) is 0 Å². The summed E-state index contributed by atoms with van der Waals surface area (Å²) in [6.45, 7) is 0.799. The third-order valence-corrected chi connectivity index (χ3v) is 6.74. The van der Waals surface area contributed by atoms with E-state index in [0.717, 1.165) is 19.4 Å². The topological polar surface area (TPSA) is 80.2 Å². The van der Waals surface area contributed by atoms with Crippen LogP contribution in [0.4, 0.5) is 5.00 Å². The molecule has 0 unspecified atom stereocenters. The van der Waals surface area contributed by atoms with Crippen molar-refractivity contribution in [3.8, 4) is 5.69 Å². The number of nitrogens with zero attached hydrogens (tertiary/aromatic N) is 1. The van der Waals surface area contributed by atoms with Gasteiger partial charge in [-0.1, -0.05) is 59.9 Å². The van der Waals surface area contributed by atoms with Crippen molar-refractivity contribution in [3.63, 3.8) is 0 Å². The zero-order valence-corrected chi connectivity index (χ0v) is 19.2. The Balaban J connectivity index is 0.00000259. The van der Waals surface area contributed by atoms with Crippen molar-refractivity contribution in [2.75, 3.05) is 11.9 Å². The average Bonchev–Trinajstić information content (AvgIpc) is 3.48. The molecular formula is C25H22ClN3O3S. The molecule has 1 atom stereocenters. The SMILES string of the molecule is Cl.O=C(c1ccccc1)c1c(NC(=O)[C@@H]2CCCN2)sc2c1ccc(=O)n2-c1ccccc1. The Kier molecular flexibility index (Phi) is 6.74. The fourth-order valence-corrected chi connectivity index (χ4v) is 5.27. The van der Waals surface area contributed by atoms with Crippen molar-refractivity contribution in [1.29, 1.82) is 0 Å². The molecule has 1 amide bonds. The van der Waals surface area contributed by atoms with Gasteiger partial charge in [-0.2, -0.15) is 0 Å². The second-order valence-corrected chi connectivity index (χ2v) is 8.70. The number of para-hydroxylation sites is 1. The van der Waals surface area contributed by atoms with Gasteiger partial charge in [-0.15, -0.1) is 12.4 Å². The van der Waals surface area contributed by atoms with E-state index >= 15 is 0 Å². The molecule has 4 aromatic rings. The number of benzene rings is 2. The van der Waals surface area contributed by atoms with E-state index in [1.165, 1.54) is 17.4 Å². The van der Waals surface area contributed by atoms with Crippen LogP contribution < -0.4 is 16.2 Å². The number of anilines is 1. The van der Waals surface area contributed by atoms with Gasteiger partial charge in [0.25, 0.3) is 5.56 Å². The fourth-order valence-electron chi connectivity index (χ4n) is 4.06. The van der Waals surface area contributed by atoms with E-state index in [1.54, 1.807) is 22.8 Å². The molecule has 0 spiro atoms. The normalized spacial score (nSPS) is 15.2. The first-order valence-electron chi connectivity index (χ1n) is 10.5. The van der Waals surface area contributed by atoms with E-state index in [4.69, 9.17) is 0 Å². The van der Waals surface area contributed by atoms with Gasteiger partial charge in [0.05, 0.1) is 17.3 Å². The van der Waals surface area contributed by atoms with Gasteiger partial charge in [0, 0.05) is 17.0 Å². The molecule has 0 radical (unpaired) electrons. The number of pyridine rings is 1. The molecule has 2 aromatic heterocycles. The number of fused-ring (bicyclic) bond motifs is 1. The quantitative estimate of drug-likeness (QED) is 0.416. The molecule has 2 aromatic carbocycles. The van der Waals surface area contributed by atoms with Crippen LogP contribution in [0, 0.1) is 0 Å². The van der Waals surface area contributed by atoms with Crippen LogP contribution in [0.25, 0.3) is 15.9 Å². The number of amides is 1. The molecule has 0 saturated carbocycles. The highest BCUT2D eigenvalue weighted by atomic mass is 35.5. The summed E-state index contributed by atoms with van der Waals surface area (Å²) in [5.74, 6) is -0.352. The lowest BCUT2D eigenvalue weighted by atomic mass is 10.0. The molecule has 2 N–H and O–H groups in total. The smallest absolute Gasteiger partial charge is 0.256 e. The van der Waals surface area contributed by atoms with E-state index < -0.39 is 0 Å². The Morgan fingerprint density at radius 3 is 2.33 bits per heavy atom. The van der Waals surface area contributed by atoms with Crippen molar-refractivity contribution >= 4 is 50.7 Å². The van der Waals surface area contributed by atoms with E-state index in [1.807, 2.05) is 48.5 Å².